The van der Waals surface area contributed by atoms with Crippen molar-refractivity contribution in [2.24, 2.45) is 0 Å². The quantitative estimate of drug-likeness (QED) is 0.834. The maximum Gasteiger partial charge on any atom is 0.246 e. The van der Waals surface area contributed by atoms with Gasteiger partial charge in [0.2, 0.25) is 10.0 Å². The molecule has 2 aliphatic rings. The molecule has 1 aliphatic carbocycles. The van der Waals surface area contributed by atoms with Crippen LogP contribution in [0.15, 0.2) is 17.3 Å². The molecule has 106 valence electrons. The van der Waals surface area contributed by atoms with Gasteiger partial charge in [0.1, 0.15) is 4.90 Å². The van der Waals surface area contributed by atoms with E-state index in [-0.39, 0.29) is 17.0 Å². The molecule has 1 atom stereocenters. The summed E-state index contributed by atoms with van der Waals surface area (Å²) in [5, 5.41) is 9.75. The summed E-state index contributed by atoms with van der Waals surface area (Å²) in [5.74, 6) is 0. The summed E-state index contributed by atoms with van der Waals surface area (Å²) < 4.78 is 26.8. The molecule has 1 aromatic heterocycles. The van der Waals surface area contributed by atoms with Crippen molar-refractivity contribution in [3.63, 3.8) is 0 Å². The molecule has 3 rings (SSSR count). The van der Waals surface area contributed by atoms with E-state index in [1.165, 1.54) is 25.2 Å². The smallest absolute Gasteiger partial charge is 0.246 e. The second kappa shape index (κ2) is 5.22. The van der Waals surface area contributed by atoms with Crippen LogP contribution in [0.5, 0.6) is 0 Å². The van der Waals surface area contributed by atoms with Gasteiger partial charge >= 0.3 is 0 Å². The van der Waals surface area contributed by atoms with E-state index in [0.717, 1.165) is 25.8 Å². The fourth-order valence-corrected chi connectivity index (χ4v) is 4.26. The predicted molar refractivity (Wildman–Crippen MR) is 71.1 cm³/mol. The van der Waals surface area contributed by atoms with E-state index in [9.17, 15) is 8.42 Å². The van der Waals surface area contributed by atoms with Crippen LogP contribution in [-0.2, 0) is 10.0 Å². The Morgan fingerprint density at radius 1 is 1.32 bits per heavy atom. The lowest BCUT2D eigenvalue weighted by molar-refractivity contribution is 0.307. The van der Waals surface area contributed by atoms with Crippen molar-refractivity contribution < 1.29 is 8.42 Å². The Hall–Kier alpha value is -0.920. The van der Waals surface area contributed by atoms with Crippen LogP contribution in [0.2, 0.25) is 0 Å². The van der Waals surface area contributed by atoms with Gasteiger partial charge in [-0.1, -0.05) is 6.42 Å². The van der Waals surface area contributed by atoms with Gasteiger partial charge in [0.15, 0.2) is 0 Å². The predicted octanol–water partition coefficient (Wildman–Crippen LogP) is 0.705. The molecule has 0 amide bonds. The van der Waals surface area contributed by atoms with E-state index in [1.54, 1.807) is 4.31 Å². The Morgan fingerprint density at radius 2 is 2.16 bits per heavy atom. The SMILES string of the molecule is O=S(=O)(c1cn[nH]c1)N(CC1CCCCN1)C1CC1. The molecular weight excluding hydrogens is 264 g/mol. The zero-order valence-corrected chi connectivity index (χ0v) is 11.7. The summed E-state index contributed by atoms with van der Waals surface area (Å²) in [6.07, 6.45) is 8.23. The fraction of sp³-hybridized carbons (Fsp3) is 0.750. The van der Waals surface area contributed by atoms with Crippen molar-refractivity contribution in [2.75, 3.05) is 13.1 Å². The van der Waals surface area contributed by atoms with E-state index in [1.807, 2.05) is 0 Å². The molecule has 0 radical (unpaired) electrons. The Morgan fingerprint density at radius 3 is 2.74 bits per heavy atom. The molecule has 1 saturated carbocycles. The highest BCUT2D eigenvalue weighted by Crippen LogP contribution is 2.32. The number of aromatic amines is 1. The molecule has 0 bridgehead atoms. The van der Waals surface area contributed by atoms with Gasteiger partial charge < -0.3 is 5.32 Å². The molecule has 7 heteroatoms. The van der Waals surface area contributed by atoms with Crippen molar-refractivity contribution in [3.8, 4) is 0 Å². The third-order valence-electron chi connectivity index (χ3n) is 3.85. The van der Waals surface area contributed by atoms with E-state index in [2.05, 4.69) is 15.5 Å². The first-order chi connectivity index (χ1) is 9.18. The first kappa shape index (κ1) is 13.1. The van der Waals surface area contributed by atoms with Crippen LogP contribution in [0.4, 0.5) is 0 Å². The van der Waals surface area contributed by atoms with Gasteiger partial charge in [-0.25, -0.2) is 8.42 Å². The molecule has 1 aromatic rings. The van der Waals surface area contributed by atoms with Crippen LogP contribution < -0.4 is 5.32 Å². The van der Waals surface area contributed by atoms with Crippen molar-refractivity contribution >= 4 is 10.0 Å². The average molecular weight is 284 g/mol. The van der Waals surface area contributed by atoms with E-state index < -0.39 is 10.0 Å². The minimum atomic E-state index is -3.39. The average Bonchev–Trinajstić information content (AvgIpc) is 3.09. The second-order valence-corrected chi connectivity index (χ2v) is 7.28. The summed E-state index contributed by atoms with van der Waals surface area (Å²) in [6, 6.07) is 0.472. The first-order valence-corrected chi connectivity index (χ1v) is 8.36. The van der Waals surface area contributed by atoms with Crippen LogP contribution in [0.25, 0.3) is 0 Å². The zero-order valence-electron chi connectivity index (χ0n) is 10.9. The minimum Gasteiger partial charge on any atom is -0.313 e. The number of hydrogen-bond acceptors (Lipinski definition) is 4. The van der Waals surface area contributed by atoms with E-state index in [4.69, 9.17) is 0 Å². The van der Waals surface area contributed by atoms with Crippen molar-refractivity contribution in [1.29, 1.82) is 0 Å². The van der Waals surface area contributed by atoms with Gasteiger partial charge in [0, 0.05) is 24.8 Å². The van der Waals surface area contributed by atoms with Gasteiger partial charge in [0.25, 0.3) is 0 Å². The number of piperidine rings is 1. The number of H-pyrrole nitrogens is 1. The third kappa shape index (κ3) is 2.82. The Kier molecular flexibility index (Phi) is 3.60. The minimum absolute atomic E-state index is 0.184. The van der Waals surface area contributed by atoms with E-state index in [0.29, 0.717) is 6.54 Å². The number of nitrogens with zero attached hydrogens (tertiary/aromatic N) is 2. The standard InChI is InChI=1S/C12H20N4O2S/c17-19(18,12-7-14-15-8-12)16(11-4-5-11)9-10-3-1-2-6-13-10/h7-8,10-11,13H,1-6,9H2,(H,14,15). The fourth-order valence-electron chi connectivity index (χ4n) is 2.62. The van der Waals surface area contributed by atoms with Gasteiger partial charge in [-0.2, -0.15) is 9.40 Å². The van der Waals surface area contributed by atoms with Crippen molar-refractivity contribution in [3.05, 3.63) is 12.4 Å². The molecule has 6 nitrogen and oxygen atoms in total. The molecule has 19 heavy (non-hydrogen) atoms. The monoisotopic (exact) mass is 284 g/mol. The molecule has 0 aromatic carbocycles. The Balaban J connectivity index is 1.77. The maximum absolute atomic E-state index is 12.6. The summed E-state index contributed by atoms with van der Waals surface area (Å²) in [6.45, 7) is 1.58. The van der Waals surface area contributed by atoms with E-state index >= 15 is 0 Å². The topological polar surface area (TPSA) is 78.1 Å². The highest BCUT2D eigenvalue weighted by molar-refractivity contribution is 7.89. The van der Waals surface area contributed by atoms with Crippen LogP contribution in [0.3, 0.4) is 0 Å². The van der Waals surface area contributed by atoms with Gasteiger partial charge in [-0.3, -0.25) is 5.10 Å². The van der Waals surface area contributed by atoms with Crippen LogP contribution in [0.1, 0.15) is 32.1 Å². The largest absolute Gasteiger partial charge is 0.313 e. The van der Waals surface area contributed by atoms with Crippen molar-refractivity contribution in [1.82, 2.24) is 19.8 Å². The van der Waals surface area contributed by atoms with Crippen LogP contribution >= 0.6 is 0 Å². The first-order valence-electron chi connectivity index (χ1n) is 6.92. The molecule has 2 fully saturated rings. The van der Waals surface area contributed by atoms with Gasteiger partial charge in [0.05, 0.1) is 6.20 Å². The molecule has 1 unspecified atom stereocenters. The maximum atomic E-state index is 12.6. The second-order valence-electron chi connectivity index (χ2n) is 5.39. The lowest BCUT2D eigenvalue weighted by atomic mass is 10.1. The summed E-state index contributed by atoms with van der Waals surface area (Å²) in [7, 11) is -3.39. The number of nitrogens with one attached hydrogen (secondary N) is 2. The highest BCUT2D eigenvalue weighted by atomic mass is 32.2. The molecule has 0 spiro atoms. The summed E-state index contributed by atoms with van der Waals surface area (Å²) >= 11 is 0. The number of rotatable bonds is 5. The van der Waals surface area contributed by atoms with Gasteiger partial charge in [-0.05, 0) is 32.2 Å². The molecule has 2 heterocycles. The van der Waals surface area contributed by atoms with Crippen LogP contribution in [-0.4, -0.2) is 48.1 Å². The normalized spacial score (nSPS) is 24.8. The lowest BCUT2D eigenvalue weighted by Crippen LogP contribution is -2.46. The third-order valence-corrected chi connectivity index (χ3v) is 5.73. The van der Waals surface area contributed by atoms with Crippen molar-refractivity contribution in [2.45, 2.75) is 49.1 Å². The lowest BCUT2D eigenvalue weighted by Gasteiger charge is -2.29. The number of aromatic nitrogens is 2. The molecular formula is C12H20N4O2S. The van der Waals surface area contributed by atoms with Crippen LogP contribution in [0, 0.1) is 0 Å². The van der Waals surface area contributed by atoms with Gasteiger partial charge in [-0.15, -0.1) is 0 Å². The Labute approximate surface area is 113 Å². The summed E-state index contributed by atoms with van der Waals surface area (Å²) in [5.41, 5.74) is 0. The number of hydrogen-bond donors (Lipinski definition) is 2. The summed E-state index contributed by atoms with van der Waals surface area (Å²) in [4.78, 5) is 0.273. The zero-order chi connectivity index (χ0) is 13.3. The number of sulfonamides is 1. The molecule has 1 aliphatic heterocycles. The molecule has 1 saturated heterocycles. The Bertz CT molecular complexity index is 504. The highest BCUT2D eigenvalue weighted by Gasteiger charge is 2.39. The molecule has 2 N–H and O–H groups in total.